The van der Waals surface area contributed by atoms with Crippen molar-refractivity contribution in [2.75, 3.05) is 4.90 Å². The quantitative estimate of drug-likeness (QED) is 0.140. The summed E-state index contributed by atoms with van der Waals surface area (Å²) >= 11 is 0. The van der Waals surface area contributed by atoms with Crippen molar-refractivity contribution >= 4 is 38.9 Å². The number of hydrogen-bond acceptors (Lipinski definition) is 1. The van der Waals surface area contributed by atoms with Gasteiger partial charge in [-0.1, -0.05) is 224 Å². The van der Waals surface area contributed by atoms with Crippen LogP contribution in [0.1, 0.15) is 22.3 Å². The zero-order valence-corrected chi connectivity index (χ0v) is 38.0. The summed E-state index contributed by atoms with van der Waals surface area (Å²) < 4.78 is 2.48. The molecule has 1 heterocycles. The molecule has 11 aromatic carbocycles. The zero-order chi connectivity index (χ0) is 45.7. The number of hydrogen-bond donors (Lipinski definition) is 0. The Hall–Kier alpha value is -8.98. The Morgan fingerprint density at radius 1 is 0.290 bits per heavy atom. The van der Waals surface area contributed by atoms with Crippen LogP contribution in [0.4, 0.5) is 17.1 Å². The molecule has 2 nitrogen and oxygen atoms in total. The van der Waals surface area contributed by atoms with E-state index in [0.717, 1.165) is 28.3 Å². The summed E-state index contributed by atoms with van der Waals surface area (Å²) in [6.45, 7) is 0. The largest absolute Gasteiger partial charge is 0.310 e. The molecule has 0 spiro atoms. The summed E-state index contributed by atoms with van der Waals surface area (Å²) in [5.41, 5.74) is 21.2. The molecule has 13 rings (SSSR count). The SMILES string of the molecule is c1ccc(-c2ccc(N(c3ccccc3)c3ccc4c5cccc(-c6ccccc6)c5n(-c5ccc(-c6ccc7c(c6)-c6ccccc6C7(c6ccccc6)c6ccccc6)cc5)c4c3)cc2)cc1. The highest BCUT2D eigenvalue weighted by atomic mass is 15.1. The maximum absolute atomic E-state index is 2.48. The molecular formula is C67H46N2. The average Bonchev–Trinajstić information content (AvgIpc) is 3.93. The van der Waals surface area contributed by atoms with Gasteiger partial charge in [-0.15, -0.1) is 0 Å². The van der Waals surface area contributed by atoms with E-state index in [1.54, 1.807) is 0 Å². The Balaban J connectivity index is 0.966. The molecule has 0 fully saturated rings. The van der Waals surface area contributed by atoms with Gasteiger partial charge in [-0.25, -0.2) is 0 Å². The second-order valence-corrected chi connectivity index (χ2v) is 18.0. The van der Waals surface area contributed by atoms with Crippen molar-refractivity contribution in [1.82, 2.24) is 4.57 Å². The maximum Gasteiger partial charge on any atom is 0.0713 e. The van der Waals surface area contributed by atoms with Crippen LogP contribution in [-0.4, -0.2) is 4.57 Å². The van der Waals surface area contributed by atoms with Gasteiger partial charge in [0.05, 0.1) is 16.4 Å². The van der Waals surface area contributed by atoms with Crippen LogP contribution in [0.5, 0.6) is 0 Å². The second kappa shape index (κ2) is 16.7. The zero-order valence-electron chi connectivity index (χ0n) is 38.0. The summed E-state index contributed by atoms with van der Waals surface area (Å²) in [4.78, 5) is 2.37. The first-order valence-electron chi connectivity index (χ1n) is 23.8. The van der Waals surface area contributed by atoms with E-state index in [1.165, 1.54) is 83.1 Å². The molecule has 2 heteroatoms. The first-order valence-corrected chi connectivity index (χ1v) is 23.8. The van der Waals surface area contributed by atoms with Crippen molar-refractivity contribution in [2.24, 2.45) is 0 Å². The van der Waals surface area contributed by atoms with Crippen LogP contribution in [0, 0.1) is 0 Å². The van der Waals surface area contributed by atoms with E-state index in [0.29, 0.717) is 0 Å². The lowest BCUT2D eigenvalue weighted by atomic mass is 9.67. The van der Waals surface area contributed by atoms with Crippen molar-refractivity contribution in [3.05, 3.63) is 301 Å². The molecule has 1 aliphatic rings. The number of rotatable bonds is 9. The predicted octanol–water partition coefficient (Wildman–Crippen LogP) is 17.6. The van der Waals surface area contributed by atoms with Gasteiger partial charge in [0.15, 0.2) is 0 Å². The number of fused-ring (bicyclic) bond motifs is 6. The minimum absolute atomic E-state index is 0.426. The fourth-order valence-electron chi connectivity index (χ4n) is 11.2. The Labute approximate surface area is 403 Å². The molecule has 324 valence electrons. The van der Waals surface area contributed by atoms with Crippen LogP contribution in [0.3, 0.4) is 0 Å². The van der Waals surface area contributed by atoms with Crippen molar-refractivity contribution in [2.45, 2.75) is 5.41 Å². The fourth-order valence-corrected chi connectivity index (χ4v) is 11.2. The van der Waals surface area contributed by atoms with Gasteiger partial charge in [-0.05, 0) is 116 Å². The molecule has 1 aromatic heterocycles. The minimum atomic E-state index is -0.426. The number of para-hydroxylation sites is 2. The third-order valence-corrected chi connectivity index (χ3v) is 14.3. The standard InChI is InChI=1S/C67H46N2/c1-6-19-47(20-7-1)48-33-38-55(39-34-48)68(54-27-14-5-15-28-54)57-42-43-60-61-31-18-30-58(50-21-8-2-9-22-50)66(61)69(65(60)46-57)56-40-35-49(36-41-56)51-37-44-64-62(45-51)59-29-16-17-32-63(59)67(64,52-23-10-3-11-24-52)53-25-12-4-13-26-53/h1-46H. The van der Waals surface area contributed by atoms with Crippen LogP contribution in [0.2, 0.25) is 0 Å². The van der Waals surface area contributed by atoms with E-state index in [9.17, 15) is 0 Å². The molecular weight excluding hydrogens is 833 g/mol. The molecule has 0 saturated heterocycles. The van der Waals surface area contributed by atoms with Gasteiger partial charge < -0.3 is 9.47 Å². The van der Waals surface area contributed by atoms with E-state index in [4.69, 9.17) is 0 Å². The molecule has 69 heavy (non-hydrogen) atoms. The lowest BCUT2D eigenvalue weighted by molar-refractivity contribution is 0.768. The maximum atomic E-state index is 2.48. The van der Waals surface area contributed by atoms with Crippen LogP contribution < -0.4 is 4.90 Å². The highest BCUT2D eigenvalue weighted by Crippen LogP contribution is 2.56. The predicted molar refractivity (Wildman–Crippen MR) is 289 cm³/mol. The molecule has 0 N–H and O–H groups in total. The Bertz CT molecular complexity index is 3750. The Morgan fingerprint density at radius 3 is 1.46 bits per heavy atom. The van der Waals surface area contributed by atoms with Gasteiger partial charge >= 0.3 is 0 Å². The van der Waals surface area contributed by atoms with Gasteiger partial charge in [0, 0.05) is 39.1 Å². The summed E-state index contributed by atoms with van der Waals surface area (Å²) in [7, 11) is 0. The summed E-state index contributed by atoms with van der Waals surface area (Å²) in [6, 6.07) is 102. The monoisotopic (exact) mass is 878 g/mol. The molecule has 0 amide bonds. The smallest absolute Gasteiger partial charge is 0.0713 e. The summed E-state index contributed by atoms with van der Waals surface area (Å²) in [5.74, 6) is 0. The molecule has 12 aromatic rings. The number of benzene rings is 11. The topological polar surface area (TPSA) is 8.17 Å². The van der Waals surface area contributed by atoms with Crippen molar-refractivity contribution in [3.8, 4) is 50.2 Å². The van der Waals surface area contributed by atoms with E-state index < -0.39 is 5.41 Å². The van der Waals surface area contributed by atoms with Gasteiger partial charge in [0.1, 0.15) is 0 Å². The van der Waals surface area contributed by atoms with Gasteiger partial charge in [-0.3, -0.25) is 0 Å². The van der Waals surface area contributed by atoms with Crippen molar-refractivity contribution < 1.29 is 0 Å². The van der Waals surface area contributed by atoms with Crippen molar-refractivity contribution in [3.63, 3.8) is 0 Å². The van der Waals surface area contributed by atoms with Crippen LogP contribution in [-0.2, 0) is 5.41 Å². The second-order valence-electron chi connectivity index (χ2n) is 18.0. The summed E-state index contributed by atoms with van der Waals surface area (Å²) in [5, 5.41) is 2.43. The highest BCUT2D eigenvalue weighted by Gasteiger charge is 2.46. The molecule has 0 unspecified atom stereocenters. The van der Waals surface area contributed by atoms with E-state index in [-0.39, 0.29) is 0 Å². The van der Waals surface area contributed by atoms with E-state index in [2.05, 4.69) is 289 Å². The van der Waals surface area contributed by atoms with Gasteiger partial charge in [0.25, 0.3) is 0 Å². The average molecular weight is 879 g/mol. The molecule has 0 bridgehead atoms. The Morgan fingerprint density at radius 2 is 0.783 bits per heavy atom. The first-order chi connectivity index (χ1) is 34.2. The number of nitrogens with zero attached hydrogens (tertiary/aromatic N) is 2. The Kier molecular flexibility index (Phi) is 9.77. The third kappa shape index (κ3) is 6.64. The minimum Gasteiger partial charge on any atom is -0.310 e. The van der Waals surface area contributed by atoms with Crippen LogP contribution >= 0.6 is 0 Å². The van der Waals surface area contributed by atoms with Gasteiger partial charge in [0.2, 0.25) is 0 Å². The lowest BCUT2D eigenvalue weighted by Crippen LogP contribution is -2.28. The molecule has 0 atom stereocenters. The third-order valence-electron chi connectivity index (χ3n) is 14.3. The molecule has 0 aliphatic heterocycles. The highest BCUT2D eigenvalue weighted by molar-refractivity contribution is 6.14. The summed E-state index contributed by atoms with van der Waals surface area (Å²) in [6.07, 6.45) is 0. The molecule has 0 radical (unpaired) electrons. The van der Waals surface area contributed by atoms with Crippen LogP contribution in [0.15, 0.2) is 279 Å². The molecule has 1 aliphatic carbocycles. The number of aromatic nitrogens is 1. The van der Waals surface area contributed by atoms with E-state index >= 15 is 0 Å². The lowest BCUT2D eigenvalue weighted by Gasteiger charge is -2.33. The first kappa shape index (κ1) is 40.3. The fraction of sp³-hybridized carbons (Fsp3) is 0.0149. The van der Waals surface area contributed by atoms with E-state index in [1.807, 2.05) is 0 Å². The van der Waals surface area contributed by atoms with Crippen LogP contribution in [0.25, 0.3) is 72.0 Å². The van der Waals surface area contributed by atoms with Gasteiger partial charge in [-0.2, -0.15) is 0 Å². The molecule has 0 saturated carbocycles. The normalized spacial score (nSPS) is 12.5. The van der Waals surface area contributed by atoms with Crippen molar-refractivity contribution in [1.29, 1.82) is 0 Å². The number of anilines is 3.